The van der Waals surface area contributed by atoms with E-state index in [0.29, 0.717) is 30.5 Å². The van der Waals surface area contributed by atoms with Gasteiger partial charge in [0, 0.05) is 32.9 Å². The quantitative estimate of drug-likeness (QED) is 0.790. The van der Waals surface area contributed by atoms with E-state index in [1.807, 2.05) is 38.1 Å². The Morgan fingerprint density at radius 1 is 1.42 bits per heavy atom. The van der Waals surface area contributed by atoms with Crippen LogP contribution in [0.3, 0.4) is 0 Å². The van der Waals surface area contributed by atoms with Crippen LogP contribution in [0.5, 0.6) is 0 Å². The van der Waals surface area contributed by atoms with Crippen molar-refractivity contribution in [3.63, 3.8) is 0 Å². The molecule has 0 aliphatic rings. The average molecular weight is 286 g/mol. The van der Waals surface area contributed by atoms with Crippen molar-refractivity contribution in [2.45, 2.75) is 6.92 Å². The summed E-state index contributed by atoms with van der Waals surface area (Å²) >= 11 is 6.12. The molecule has 0 aliphatic carbocycles. The SMILES string of the molecule is CCOCCNC(=O)Nc1ccc(N(C)C)c(Cl)c1. The number of rotatable bonds is 6. The van der Waals surface area contributed by atoms with Crippen molar-refractivity contribution < 1.29 is 9.53 Å². The smallest absolute Gasteiger partial charge is 0.319 e. The monoisotopic (exact) mass is 285 g/mol. The van der Waals surface area contributed by atoms with E-state index in [9.17, 15) is 4.79 Å². The molecule has 0 spiro atoms. The van der Waals surface area contributed by atoms with Crippen LogP contribution in [0.4, 0.5) is 16.2 Å². The lowest BCUT2D eigenvalue weighted by molar-refractivity contribution is 0.150. The highest BCUT2D eigenvalue weighted by molar-refractivity contribution is 6.33. The van der Waals surface area contributed by atoms with Crippen molar-refractivity contribution in [2.75, 3.05) is 44.1 Å². The Labute approximate surface area is 118 Å². The van der Waals surface area contributed by atoms with Gasteiger partial charge in [0.05, 0.1) is 17.3 Å². The number of carbonyl (C=O) groups is 1. The minimum Gasteiger partial charge on any atom is -0.380 e. The fourth-order valence-electron chi connectivity index (χ4n) is 1.50. The maximum absolute atomic E-state index is 11.6. The Hall–Kier alpha value is -1.46. The molecule has 0 aliphatic heterocycles. The Balaban J connectivity index is 2.48. The summed E-state index contributed by atoms with van der Waals surface area (Å²) in [6.45, 7) is 3.53. The maximum atomic E-state index is 11.6. The van der Waals surface area contributed by atoms with Crippen molar-refractivity contribution >= 4 is 29.0 Å². The van der Waals surface area contributed by atoms with E-state index in [0.717, 1.165) is 5.69 Å². The van der Waals surface area contributed by atoms with E-state index in [2.05, 4.69) is 10.6 Å². The van der Waals surface area contributed by atoms with Crippen LogP contribution in [0.1, 0.15) is 6.92 Å². The number of benzene rings is 1. The van der Waals surface area contributed by atoms with Crippen molar-refractivity contribution in [1.82, 2.24) is 5.32 Å². The lowest BCUT2D eigenvalue weighted by atomic mass is 10.2. The van der Waals surface area contributed by atoms with E-state index in [-0.39, 0.29) is 6.03 Å². The number of carbonyl (C=O) groups excluding carboxylic acids is 1. The predicted octanol–water partition coefficient (Wildman–Crippen LogP) is 2.56. The van der Waals surface area contributed by atoms with Gasteiger partial charge in [-0.25, -0.2) is 4.79 Å². The molecule has 5 nitrogen and oxygen atoms in total. The van der Waals surface area contributed by atoms with Gasteiger partial charge in [0.25, 0.3) is 0 Å². The lowest BCUT2D eigenvalue weighted by Gasteiger charge is -2.15. The lowest BCUT2D eigenvalue weighted by Crippen LogP contribution is -2.31. The zero-order valence-electron chi connectivity index (χ0n) is 11.5. The summed E-state index contributed by atoms with van der Waals surface area (Å²) < 4.78 is 5.13. The number of nitrogens with zero attached hydrogens (tertiary/aromatic N) is 1. The van der Waals surface area contributed by atoms with Gasteiger partial charge in [0.2, 0.25) is 0 Å². The van der Waals surface area contributed by atoms with Crippen LogP contribution < -0.4 is 15.5 Å². The molecule has 0 heterocycles. The molecule has 1 rings (SSSR count). The summed E-state index contributed by atoms with van der Waals surface area (Å²) in [7, 11) is 3.82. The van der Waals surface area contributed by atoms with E-state index < -0.39 is 0 Å². The standard InChI is InChI=1S/C13H20ClN3O2/c1-4-19-8-7-15-13(18)16-10-5-6-12(17(2)3)11(14)9-10/h5-6,9H,4,7-8H2,1-3H3,(H2,15,16,18). The van der Waals surface area contributed by atoms with E-state index in [4.69, 9.17) is 16.3 Å². The molecule has 19 heavy (non-hydrogen) atoms. The summed E-state index contributed by atoms with van der Waals surface area (Å²) in [5, 5.41) is 6.01. The Morgan fingerprint density at radius 2 is 2.16 bits per heavy atom. The molecule has 1 aromatic carbocycles. The molecule has 0 radical (unpaired) electrons. The first kappa shape index (κ1) is 15.6. The van der Waals surface area contributed by atoms with Crippen molar-refractivity contribution in [2.24, 2.45) is 0 Å². The summed E-state index contributed by atoms with van der Waals surface area (Å²) in [6.07, 6.45) is 0. The molecular formula is C13H20ClN3O2. The number of nitrogens with one attached hydrogen (secondary N) is 2. The van der Waals surface area contributed by atoms with Crippen molar-refractivity contribution in [3.05, 3.63) is 23.2 Å². The molecule has 2 amide bonds. The molecule has 0 saturated carbocycles. The third-order valence-electron chi connectivity index (χ3n) is 2.42. The minimum absolute atomic E-state index is 0.270. The zero-order valence-corrected chi connectivity index (χ0v) is 12.3. The highest BCUT2D eigenvalue weighted by Crippen LogP contribution is 2.27. The molecule has 106 valence electrons. The summed E-state index contributed by atoms with van der Waals surface area (Å²) in [6, 6.07) is 5.12. The number of hydrogen-bond acceptors (Lipinski definition) is 3. The Kier molecular flexibility index (Phi) is 6.45. The number of hydrogen-bond donors (Lipinski definition) is 2. The predicted molar refractivity (Wildman–Crippen MR) is 79.3 cm³/mol. The van der Waals surface area contributed by atoms with Gasteiger partial charge >= 0.3 is 6.03 Å². The number of amides is 2. The third-order valence-corrected chi connectivity index (χ3v) is 2.73. The molecule has 6 heteroatoms. The first-order valence-electron chi connectivity index (χ1n) is 6.14. The van der Waals surface area contributed by atoms with Crippen LogP contribution in [0, 0.1) is 0 Å². The highest BCUT2D eigenvalue weighted by Gasteiger charge is 2.06. The van der Waals surface area contributed by atoms with E-state index in [1.165, 1.54) is 0 Å². The number of halogens is 1. The van der Waals surface area contributed by atoms with Gasteiger partial charge in [0.15, 0.2) is 0 Å². The number of urea groups is 1. The first-order valence-corrected chi connectivity index (χ1v) is 6.52. The van der Waals surface area contributed by atoms with Gasteiger partial charge in [0.1, 0.15) is 0 Å². The highest BCUT2D eigenvalue weighted by atomic mass is 35.5. The number of ether oxygens (including phenoxy) is 1. The largest absolute Gasteiger partial charge is 0.380 e. The van der Waals surface area contributed by atoms with Crippen molar-refractivity contribution in [3.8, 4) is 0 Å². The van der Waals surface area contributed by atoms with Crippen LogP contribution in [-0.2, 0) is 4.74 Å². The minimum atomic E-state index is -0.270. The van der Waals surface area contributed by atoms with Crippen LogP contribution in [0.15, 0.2) is 18.2 Å². The average Bonchev–Trinajstić information content (AvgIpc) is 2.34. The summed E-state index contributed by atoms with van der Waals surface area (Å²) in [5.41, 5.74) is 1.56. The van der Waals surface area contributed by atoms with Crippen LogP contribution >= 0.6 is 11.6 Å². The third kappa shape index (κ3) is 5.36. The second-order valence-electron chi connectivity index (χ2n) is 4.14. The van der Waals surface area contributed by atoms with Crippen LogP contribution in [0.25, 0.3) is 0 Å². The second-order valence-corrected chi connectivity index (χ2v) is 4.55. The van der Waals surface area contributed by atoms with Gasteiger partial charge in [-0.2, -0.15) is 0 Å². The molecule has 0 fully saturated rings. The van der Waals surface area contributed by atoms with Crippen LogP contribution in [-0.4, -0.2) is 39.9 Å². The maximum Gasteiger partial charge on any atom is 0.319 e. The van der Waals surface area contributed by atoms with Gasteiger partial charge < -0.3 is 20.3 Å². The molecule has 0 bridgehead atoms. The normalized spacial score (nSPS) is 10.1. The first-order chi connectivity index (χ1) is 9.04. The molecule has 0 atom stereocenters. The topological polar surface area (TPSA) is 53.6 Å². The van der Waals surface area contributed by atoms with Gasteiger partial charge in [-0.1, -0.05) is 11.6 Å². The zero-order chi connectivity index (χ0) is 14.3. The van der Waals surface area contributed by atoms with E-state index >= 15 is 0 Å². The Bertz CT molecular complexity index is 424. The molecule has 0 aromatic heterocycles. The molecule has 1 aromatic rings. The number of anilines is 2. The molecular weight excluding hydrogens is 266 g/mol. The summed E-state index contributed by atoms with van der Waals surface area (Å²) in [4.78, 5) is 13.5. The molecule has 0 unspecified atom stereocenters. The van der Waals surface area contributed by atoms with Gasteiger partial charge in [-0.3, -0.25) is 0 Å². The fraction of sp³-hybridized carbons (Fsp3) is 0.462. The van der Waals surface area contributed by atoms with Crippen LogP contribution in [0.2, 0.25) is 5.02 Å². The van der Waals surface area contributed by atoms with Crippen molar-refractivity contribution in [1.29, 1.82) is 0 Å². The fourth-order valence-corrected chi connectivity index (χ4v) is 1.85. The second kappa shape index (κ2) is 7.86. The molecule has 2 N–H and O–H groups in total. The summed E-state index contributed by atoms with van der Waals surface area (Å²) in [5.74, 6) is 0. The van der Waals surface area contributed by atoms with E-state index in [1.54, 1.807) is 6.07 Å². The van der Waals surface area contributed by atoms with Gasteiger partial charge in [-0.15, -0.1) is 0 Å². The Morgan fingerprint density at radius 3 is 2.74 bits per heavy atom. The van der Waals surface area contributed by atoms with Gasteiger partial charge in [-0.05, 0) is 25.1 Å². The molecule has 0 saturated heterocycles.